The number of carbonyl (C=O) groups is 1. The number of methoxy groups -OCH3 is 1. The summed E-state index contributed by atoms with van der Waals surface area (Å²) < 4.78 is 12.9. The third-order valence-electron chi connectivity index (χ3n) is 5.58. The van der Waals surface area contributed by atoms with Crippen LogP contribution in [0, 0.1) is 0 Å². The number of nitrogens with zero attached hydrogens (tertiary/aromatic N) is 3. The van der Waals surface area contributed by atoms with Gasteiger partial charge < -0.3 is 14.5 Å². The highest BCUT2D eigenvalue weighted by atomic mass is 32.2. The molecule has 0 saturated carbocycles. The van der Waals surface area contributed by atoms with E-state index in [1.54, 1.807) is 13.4 Å². The molecule has 2 aromatic carbocycles. The highest BCUT2D eigenvalue weighted by Gasteiger charge is 2.18. The Labute approximate surface area is 203 Å². The van der Waals surface area contributed by atoms with Gasteiger partial charge in [-0.05, 0) is 36.2 Å². The smallest absolute Gasteiger partial charge is 0.230 e. The third kappa shape index (κ3) is 5.88. The van der Waals surface area contributed by atoms with E-state index in [1.165, 1.54) is 17.3 Å². The normalized spacial score (nSPS) is 11.8. The van der Waals surface area contributed by atoms with Gasteiger partial charge in [-0.15, -0.1) is 10.2 Å². The molecular weight excluding hydrogens is 448 g/mol. The molecule has 0 aliphatic heterocycles. The van der Waals surface area contributed by atoms with E-state index in [2.05, 4.69) is 34.6 Å². The molecule has 176 valence electrons. The van der Waals surface area contributed by atoms with Crippen molar-refractivity contribution in [3.8, 4) is 17.1 Å². The Hall–Kier alpha value is -3.52. The zero-order valence-electron chi connectivity index (χ0n) is 19.3. The summed E-state index contributed by atoms with van der Waals surface area (Å²) in [6.07, 6.45) is 2.60. The number of nitrogens with one attached hydrogen (secondary N) is 1. The van der Waals surface area contributed by atoms with E-state index in [-0.39, 0.29) is 17.6 Å². The monoisotopic (exact) mass is 476 g/mol. The number of hydrogen-bond acceptors (Lipinski definition) is 6. The highest BCUT2D eigenvalue weighted by Crippen LogP contribution is 2.27. The van der Waals surface area contributed by atoms with Crippen LogP contribution in [0.5, 0.6) is 5.75 Å². The second-order valence-corrected chi connectivity index (χ2v) is 8.75. The van der Waals surface area contributed by atoms with E-state index in [0.717, 1.165) is 23.5 Å². The van der Waals surface area contributed by atoms with Crippen molar-refractivity contribution < 1.29 is 13.9 Å². The van der Waals surface area contributed by atoms with Gasteiger partial charge in [0.05, 0.1) is 25.7 Å². The molecule has 0 saturated heterocycles. The van der Waals surface area contributed by atoms with Crippen molar-refractivity contribution in [3.63, 3.8) is 0 Å². The molecule has 4 aromatic rings. The van der Waals surface area contributed by atoms with Gasteiger partial charge in [-0.2, -0.15) is 0 Å². The molecule has 0 bridgehead atoms. The summed E-state index contributed by atoms with van der Waals surface area (Å²) in [5, 5.41) is 12.5. The standard InChI is InChI=1S/C26H28N4O3S/c1-3-19(20-9-5-4-6-10-20)16-27-24(31)18-34-26-29-28-25(21-11-7-12-22(15-21)32-2)30(26)17-23-13-8-14-33-23/h4-15,19H,3,16-18H2,1-2H3,(H,27,31). The second kappa shape index (κ2) is 11.6. The van der Waals surface area contributed by atoms with Gasteiger partial charge in [-0.1, -0.05) is 61.2 Å². The Morgan fingerprint density at radius 2 is 1.97 bits per heavy atom. The first kappa shape index (κ1) is 23.6. The number of furan rings is 1. The highest BCUT2D eigenvalue weighted by molar-refractivity contribution is 7.99. The van der Waals surface area contributed by atoms with Crippen LogP contribution in [-0.2, 0) is 11.3 Å². The van der Waals surface area contributed by atoms with Crippen LogP contribution >= 0.6 is 11.8 Å². The van der Waals surface area contributed by atoms with Crippen molar-refractivity contribution in [2.24, 2.45) is 0 Å². The summed E-state index contributed by atoms with van der Waals surface area (Å²) in [7, 11) is 1.63. The lowest BCUT2D eigenvalue weighted by Gasteiger charge is -2.16. The number of ether oxygens (including phenoxy) is 1. The predicted molar refractivity (Wildman–Crippen MR) is 133 cm³/mol. The summed E-state index contributed by atoms with van der Waals surface area (Å²) in [5.74, 6) is 2.71. The Kier molecular flexibility index (Phi) is 8.04. The molecule has 0 aliphatic rings. The van der Waals surface area contributed by atoms with Gasteiger partial charge in [0.15, 0.2) is 11.0 Å². The lowest BCUT2D eigenvalue weighted by molar-refractivity contribution is -0.118. The minimum atomic E-state index is -0.0325. The van der Waals surface area contributed by atoms with Crippen LogP contribution in [0.4, 0.5) is 0 Å². The number of aromatic nitrogens is 3. The summed E-state index contributed by atoms with van der Waals surface area (Å²) in [5.41, 5.74) is 2.11. The summed E-state index contributed by atoms with van der Waals surface area (Å²) >= 11 is 1.36. The van der Waals surface area contributed by atoms with Gasteiger partial charge in [0, 0.05) is 18.0 Å². The minimum Gasteiger partial charge on any atom is -0.497 e. The van der Waals surface area contributed by atoms with Crippen LogP contribution < -0.4 is 10.1 Å². The molecule has 1 amide bonds. The molecule has 2 aromatic heterocycles. The SMILES string of the molecule is CCC(CNC(=O)CSc1nnc(-c2cccc(OC)c2)n1Cc1ccco1)c1ccccc1. The molecule has 0 fully saturated rings. The van der Waals surface area contributed by atoms with E-state index in [0.29, 0.717) is 24.1 Å². The van der Waals surface area contributed by atoms with Gasteiger partial charge in [0.1, 0.15) is 11.5 Å². The van der Waals surface area contributed by atoms with Crippen LogP contribution in [0.3, 0.4) is 0 Å². The average Bonchev–Trinajstić information content (AvgIpc) is 3.54. The molecular formula is C26H28N4O3S. The van der Waals surface area contributed by atoms with Crippen LogP contribution in [0.25, 0.3) is 11.4 Å². The van der Waals surface area contributed by atoms with Crippen molar-refractivity contribution in [3.05, 3.63) is 84.3 Å². The molecule has 2 heterocycles. The van der Waals surface area contributed by atoms with Crippen LogP contribution in [0.2, 0.25) is 0 Å². The maximum atomic E-state index is 12.6. The first-order valence-electron chi connectivity index (χ1n) is 11.2. The number of amides is 1. The van der Waals surface area contributed by atoms with Gasteiger partial charge in [0.2, 0.25) is 5.91 Å². The fraction of sp³-hybridized carbons (Fsp3) is 0.269. The average molecular weight is 477 g/mol. The Morgan fingerprint density at radius 1 is 1.12 bits per heavy atom. The maximum absolute atomic E-state index is 12.6. The van der Waals surface area contributed by atoms with Crippen LogP contribution in [0.15, 0.2) is 82.6 Å². The molecule has 4 rings (SSSR count). The van der Waals surface area contributed by atoms with Gasteiger partial charge in [0.25, 0.3) is 0 Å². The largest absolute Gasteiger partial charge is 0.497 e. The topological polar surface area (TPSA) is 82.2 Å². The first-order chi connectivity index (χ1) is 16.7. The number of rotatable bonds is 11. The number of hydrogen-bond donors (Lipinski definition) is 1. The fourth-order valence-electron chi connectivity index (χ4n) is 3.71. The molecule has 7 nitrogen and oxygen atoms in total. The van der Waals surface area contributed by atoms with Crippen molar-refractivity contribution in [1.82, 2.24) is 20.1 Å². The van der Waals surface area contributed by atoms with Gasteiger partial charge in [-0.25, -0.2) is 0 Å². The molecule has 34 heavy (non-hydrogen) atoms. The predicted octanol–water partition coefficient (Wildman–Crippen LogP) is 5.00. The quantitative estimate of drug-likeness (QED) is 0.307. The molecule has 0 spiro atoms. The summed E-state index contributed by atoms with van der Waals surface area (Å²) in [4.78, 5) is 12.6. The lowest BCUT2D eigenvalue weighted by atomic mass is 9.96. The Balaban J connectivity index is 1.45. The van der Waals surface area contributed by atoms with Crippen molar-refractivity contribution >= 4 is 17.7 Å². The molecule has 1 unspecified atom stereocenters. The fourth-order valence-corrected chi connectivity index (χ4v) is 4.48. The molecule has 1 N–H and O–H groups in total. The Bertz CT molecular complexity index is 1190. The number of benzene rings is 2. The second-order valence-electron chi connectivity index (χ2n) is 7.81. The van der Waals surface area contributed by atoms with Crippen LogP contribution in [-0.4, -0.2) is 40.1 Å². The Morgan fingerprint density at radius 3 is 2.71 bits per heavy atom. The minimum absolute atomic E-state index is 0.0325. The van der Waals surface area contributed by atoms with E-state index in [1.807, 2.05) is 59.2 Å². The summed E-state index contributed by atoms with van der Waals surface area (Å²) in [6, 6.07) is 21.7. The van der Waals surface area contributed by atoms with Gasteiger partial charge in [-0.3, -0.25) is 9.36 Å². The van der Waals surface area contributed by atoms with Crippen LogP contribution in [0.1, 0.15) is 30.6 Å². The first-order valence-corrected chi connectivity index (χ1v) is 12.2. The molecule has 8 heteroatoms. The molecule has 0 aliphatic carbocycles. The van der Waals surface area contributed by atoms with Crippen molar-refractivity contribution in [2.45, 2.75) is 31.0 Å². The maximum Gasteiger partial charge on any atom is 0.230 e. The zero-order valence-corrected chi connectivity index (χ0v) is 20.1. The third-order valence-corrected chi connectivity index (χ3v) is 6.55. The zero-order chi connectivity index (χ0) is 23.8. The van der Waals surface area contributed by atoms with Crippen molar-refractivity contribution in [1.29, 1.82) is 0 Å². The lowest BCUT2D eigenvalue weighted by Crippen LogP contribution is -2.29. The van der Waals surface area contributed by atoms with Gasteiger partial charge >= 0.3 is 0 Å². The number of thioether (sulfide) groups is 1. The van der Waals surface area contributed by atoms with Crippen molar-refractivity contribution in [2.75, 3.05) is 19.4 Å². The van der Waals surface area contributed by atoms with E-state index >= 15 is 0 Å². The molecule has 0 radical (unpaired) electrons. The van der Waals surface area contributed by atoms with E-state index in [4.69, 9.17) is 9.15 Å². The molecule has 1 atom stereocenters. The number of carbonyl (C=O) groups excluding carboxylic acids is 1. The van der Waals surface area contributed by atoms with E-state index in [9.17, 15) is 4.79 Å². The summed E-state index contributed by atoms with van der Waals surface area (Å²) in [6.45, 7) is 3.20. The van der Waals surface area contributed by atoms with E-state index < -0.39 is 0 Å².